The highest BCUT2D eigenvalue weighted by Crippen LogP contribution is 2.36. The van der Waals surface area contributed by atoms with E-state index in [2.05, 4.69) is 10.6 Å². The van der Waals surface area contributed by atoms with Gasteiger partial charge in [0.15, 0.2) is 0 Å². The van der Waals surface area contributed by atoms with E-state index in [1.807, 2.05) is 60.7 Å². The topological polar surface area (TPSA) is 112 Å². The van der Waals surface area contributed by atoms with Crippen molar-refractivity contribution in [3.8, 4) is 22.6 Å². The Labute approximate surface area is 211 Å². The molecule has 0 fully saturated rings. The second-order valence-corrected chi connectivity index (χ2v) is 8.69. The number of phenols is 2. The van der Waals surface area contributed by atoms with E-state index < -0.39 is 0 Å². The first kappa shape index (κ1) is 24.5. The number of benzene rings is 4. The molecule has 0 spiro atoms. The highest BCUT2D eigenvalue weighted by atomic mass is 16.3. The third kappa shape index (κ3) is 6.73. The van der Waals surface area contributed by atoms with Crippen LogP contribution >= 0.6 is 0 Å². The Balaban J connectivity index is 1.43. The van der Waals surface area contributed by atoms with Gasteiger partial charge in [-0.2, -0.15) is 0 Å². The van der Waals surface area contributed by atoms with Crippen molar-refractivity contribution in [1.29, 1.82) is 10.8 Å². The van der Waals surface area contributed by atoms with Crippen LogP contribution in [-0.2, 0) is 25.9 Å². The van der Waals surface area contributed by atoms with Gasteiger partial charge in [-0.25, -0.2) is 0 Å². The van der Waals surface area contributed by atoms with Crippen LogP contribution in [-0.4, -0.2) is 21.9 Å². The van der Waals surface area contributed by atoms with Gasteiger partial charge in [0.2, 0.25) is 0 Å². The fraction of sp³-hybridized carbons (Fsp3) is 0.133. The lowest BCUT2D eigenvalue weighted by Crippen LogP contribution is -2.23. The van der Waals surface area contributed by atoms with Crippen molar-refractivity contribution < 1.29 is 10.2 Å². The Kier molecular flexibility index (Phi) is 7.98. The van der Waals surface area contributed by atoms with Gasteiger partial charge in [-0.05, 0) is 46.5 Å². The molecule has 4 rings (SSSR count). The molecule has 0 radical (unpaired) electrons. The maximum Gasteiger partial charge on any atom is 0.123 e. The summed E-state index contributed by atoms with van der Waals surface area (Å²) in [4.78, 5) is 0. The lowest BCUT2D eigenvalue weighted by Gasteiger charge is -2.13. The number of nitrogens with one attached hydrogen (secondary N) is 4. The van der Waals surface area contributed by atoms with E-state index in [0.717, 1.165) is 22.3 Å². The number of aromatic hydroxyl groups is 2. The van der Waals surface area contributed by atoms with E-state index in [-0.39, 0.29) is 11.5 Å². The maximum absolute atomic E-state index is 10.5. The zero-order valence-corrected chi connectivity index (χ0v) is 20.0. The number of hydrogen-bond donors (Lipinski definition) is 6. The summed E-state index contributed by atoms with van der Waals surface area (Å²) in [5, 5.41) is 44.0. The van der Waals surface area contributed by atoms with Gasteiger partial charge in [-0.15, -0.1) is 0 Å². The molecule has 36 heavy (non-hydrogen) atoms. The van der Waals surface area contributed by atoms with Gasteiger partial charge in [-0.1, -0.05) is 72.8 Å². The lowest BCUT2D eigenvalue weighted by molar-refractivity contribution is 0.469. The molecule has 6 N–H and O–H groups in total. The Morgan fingerprint density at radius 1 is 0.528 bits per heavy atom. The molecule has 0 unspecified atom stereocenters. The maximum atomic E-state index is 10.5. The Hall–Kier alpha value is -4.58. The van der Waals surface area contributed by atoms with Crippen LogP contribution in [0.3, 0.4) is 0 Å². The van der Waals surface area contributed by atoms with Crippen LogP contribution in [0.5, 0.6) is 11.5 Å². The quantitative estimate of drug-likeness (QED) is 0.143. The van der Waals surface area contributed by atoms with E-state index in [4.69, 9.17) is 10.8 Å². The van der Waals surface area contributed by atoms with E-state index in [9.17, 15) is 10.2 Å². The molecule has 6 nitrogen and oxygen atoms in total. The normalized spacial score (nSPS) is 10.6. The van der Waals surface area contributed by atoms with Crippen LogP contribution in [0.2, 0.25) is 0 Å². The predicted octanol–water partition coefficient (Wildman–Crippen LogP) is 5.38. The van der Waals surface area contributed by atoms with Crippen molar-refractivity contribution in [2.75, 3.05) is 0 Å². The van der Waals surface area contributed by atoms with E-state index in [1.54, 1.807) is 36.4 Å². The van der Waals surface area contributed by atoms with Gasteiger partial charge in [0.05, 0.1) is 11.7 Å². The number of phenolic OH excluding ortho intramolecular Hbond substituents is 2. The van der Waals surface area contributed by atoms with Crippen molar-refractivity contribution in [3.63, 3.8) is 0 Å². The summed E-state index contributed by atoms with van der Waals surface area (Å²) in [5.74, 6) is 0.831. The first-order valence-corrected chi connectivity index (χ1v) is 11.8. The van der Waals surface area contributed by atoms with Crippen LogP contribution in [0.4, 0.5) is 0 Å². The van der Waals surface area contributed by atoms with Gasteiger partial charge < -0.3 is 20.8 Å². The van der Waals surface area contributed by atoms with E-state index in [0.29, 0.717) is 48.7 Å². The zero-order chi connectivity index (χ0) is 25.3. The molecule has 182 valence electrons. The molecule has 0 atom stereocenters. The van der Waals surface area contributed by atoms with Crippen molar-refractivity contribution in [2.45, 2.75) is 25.9 Å². The lowest BCUT2D eigenvalue weighted by atomic mass is 9.97. The Morgan fingerprint density at radius 2 is 0.917 bits per heavy atom. The fourth-order valence-electron chi connectivity index (χ4n) is 3.96. The second-order valence-electron chi connectivity index (χ2n) is 8.69. The molecule has 4 aromatic rings. The third-order valence-electron chi connectivity index (χ3n) is 5.87. The standard InChI is InChI=1S/C30H30N4O2/c31-29(33-19-21-7-3-1-4-8-21)17-23-11-13-27(35)25(15-23)26-16-24(12-14-28(26)36)18-30(32)34-20-22-9-5-2-6-10-22/h1-16,35-36H,17-20H2,(H2,31,33)(H2,32,34). The summed E-state index contributed by atoms with van der Waals surface area (Å²) in [6.45, 7) is 1.13. The van der Waals surface area contributed by atoms with Gasteiger partial charge in [0, 0.05) is 37.1 Å². The summed E-state index contributed by atoms with van der Waals surface area (Å²) in [5.41, 5.74) is 4.86. The second kappa shape index (κ2) is 11.7. The molecule has 0 aliphatic heterocycles. The van der Waals surface area contributed by atoms with Crippen LogP contribution in [0, 0.1) is 10.8 Å². The smallest absolute Gasteiger partial charge is 0.123 e. The van der Waals surface area contributed by atoms with Crippen molar-refractivity contribution in [1.82, 2.24) is 10.6 Å². The van der Waals surface area contributed by atoms with Crippen LogP contribution < -0.4 is 10.6 Å². The molecule has 4 aromatic carbocycles. The molecule has 0 saturated carbocycles. The molecule has 0 aliphatic carbocycles. The highest BCUT2D eigenvalue weighted by molar-refractivity contribution is 5.84. The Morgan fingerprint density at radius 3 is 1.31 bits per heavy atom. The Bertz CT molecular complexity index is 1230. The molecular formula is C30H30N4O2. The summed E-state index contributed by atoms with van der Waals surface area (Å²) >= 11 is 0. The molecule has 0 heterocycles. The summed E-state index contributed by atoms with van der Waals surface area (Å²) in [7, 11) is 0. The molecule has 0 aromatic heterocycles. The highest BCUT2D eigenvalue weighted by Gasteiger charge is 2.13. The molecule has 6 heteroatoms. The van der Waals surface area contributed by atoms with E-state index in [1.165, 1.54) is 0 Å². The van der Waals surface area contributed by atoms with Gasteiger partial charge in [0.1, 0.15) is 11.5 Å². The number of amidine groups is 2. The fourth-order valence-corrected chi connectivity index (χ4v) is 3.96. The molecule has 0 saturated heterocycles. The minimum Gasteiger partial charge on any atom is -0.507 e. The van der Waals surface area contributed by atoms with Gasteiger partial charge >= 0.3 is 0 Å². The number of rotatable bonds is 9. The number of hydrogen-bond acceptors (Lipinski definition) is 4. The minimum atomic E-state index is 0.0484. The molecule has 0 aliphatic rings. The monoisotopic (exact) mass is 478 g/mol. The summed E-state index contributed by atoms with van der Waals surface area (Å²) < 4.78 is 0. The first-order valence-electron chi connectivity index (χ1n) is 11.8. The molecular weight excluding hydrogens is 448 g/mol. The summed E-state index contributed by atoms with van der Waals surface area (Å²) in [6, 6.07) is 30.1. The van der Waals surface area contributed by atoms with Gasteiger partial charge in [0.25, 0.3) is 0 Å². The summed E-state index contributed by atoms with van der Waals surface area (Å²) in [6.07, 6.45) is 0.739. The first-order chi connectivity index (χ1) is 17.5. The van der Waals surface area contributed by atoms with Crippen LogP contribution in [0.15, 0.2) is 97.1 Å². The van der Waals surface area contributed by atoms with Crippen LogP contribution in [0.25, 0.3) is 11.1 Å². The largest absolute Gasteiger partial charge is 0.507 e. The van der Waals surface area contributed by atoms with Crippen molar-refractivity contribution in [2.24, 2.45) is 0 Å². The van der Waals surface area contributed by atoms with E-state index >= 15 is 0 Å². The van der Waals surface area contributed by atoms with Gasteiger partial charge in [-0.3, -0.25) is 10.8 Å². The van der Waals surface area contributed by atoms with Crippen molar-refractivity contribution >= 4 is 11.7 Å². The minimum absolute atomic E-state index is 0.0484. The molecule has 0 amide bonds. The zero-order valence-electron chi connectivity index (χ0n) is 20.0. The third-order valence-corrected chi connectivity index (χ3v) is 5.87. The van der Waals surface area contributed by atoms with Crippen LogP contribution in [0.1, 0.15) is 22.3 Å². The average Bonchev–Trinajstić information content (AvgIpc) is 2.90. The molecule has 0 bridgehead atoms. The van der Waals surface area contributed by atoms with Crippen molar-refractivity contribution in [3.05, 3.63) is 119 Å². The average molecular weight is 479 g/mol. The SMILES string of the molecule is N=C(Cc1ccc(O)c(-c2cc(CC(=N)NCc3ccccc3)ccc2O)c1)NCc1ccccc1. The predicted molar refractivity (Wildman–Crippen MR) is 145 cm³/mol.